The van der Waals surface area contributed by atoms with Gasteiger partial charge in [-0.05, 0) is 38.2 Å². The summed E-state index contributed by atoms with van der Waals surface area (Å²) < 4.78 is 5.38. The second kappa shape index (κ2) is 7.81. The number of ketones is 1. The van der Waals surface area contributed by atoms with E-state index in [4.69, 9.17) is 4.74 Å². The second-order valence-electron chi connectivity index (χ2n) is 7.18. The number of Topliss-reactive ketones (excluding diaryl/α,β-unsaturated/α-hetero) is 1. The molecule has 2 fully saturated rings. The van der Waals surface area contributed by atoms with E-state index in [0.717, 1.165) is 24.8 Å². The van der Waals surface area contributed by atoms with Gasteiger partial charge in [0.15, 0.2) is 6.10 Å². The molecule has 2 aliphatic carbocycles. The number of rotatable bonds is 5. The Kier molecular flexibility index (Phi) is 5.51. The summed E-state index contributed by atoms with van der Waals surface area (Å²) >= 11 is 0. The minimum Gasteiger partial charge on any atom is -0.452 e. The summed E-state index contributed by atoms with van der Waals surface area (Å²) in [6, 6.07) is 9.59. The fourth-order valence-corrected chi connectivity index (χ4v) is 3.92. The predicted molar refractivity (Wildman–Crippen MR) is 92.4 cm³/mol. The van der Waals surface area contributed by atoms with Gasteiger partial charge in [0.2, 0.25) is 0 Å². The number of amides is 1. The van der Waals surface area contributed by atoms with Crippen molar-refractivity contribution in [1.29, 1.82) is 0 Å². The van der Waals surface area contributed by atoms with Gasteiger partial charge in [0.05, 0.1) is 5.92 Å². The zero-order valence-electron chi connectivity index (χ0n) is 14.6. The molecule has 2 saturated carbocycles. The van der Waals surface area contributed by atoms with Crippen molar-refractivity contribution in [3.8, 4) is 0 Å². The lowest BCUT2D eigenvalue weighted by Crippen LogP contribution is -2.42. The Morgan fingerprint density at radius 2 is 1.80 bits per heavy atom. The second-order valence-corrected chi connectivity index (χ2v) is 7.18. The number of carbonyl (C=O) groups excluding carboxylic acids is 3. The van der Waals surface area contributed by atoms with Crippen molar-refractivity contribution < 1.29 is 19.1 Å². The fraction of sp³-hybridized carbons (Fsp3) is 0.550. The first kappa shape index (κ1) is 17.6. The van der Waals surface area contributed by atoms with Gasteiger partial charge >= 0.3 is 5.97 Å². The third kappa shape index (κ3) is 4.27. The van der Waals surface area contributed by atoms with Crippen molar-refractivity contribution in [3.05, 3.63) is 35.9 Å². The lowest BCUT2D eigenvalue weighted by atomic mass is 9.67. The Morgan fingerprint density at radius 1 is 1.16 bits per heavy atom. The number of hydrogen-bond donors (Lipinski definition) is 1. The number of carbonyl (C=O) groups is 3. The molecule has 134 valence electrons. The number of hydrogen-bond acceptors (Lipinski definition) is 4. The fourth-order valence-electron chi connectivity index (χ4n) is 3.92. The minimum atomic E-state index is -0.825. The Balaban J connectivity index is 1.48. The van der Waals surface area contributed by atoms with Crippen LogP contribution in [0.5, 0.6) is 0 Å². The molecule has 1 amide bonds. The van der Waals surface area contributed by atoms with Crippen molar-refractivity contribution in [1.82, 2.24) is 5.32 Å². The van der Waals surface area contributed by atoms with Crippen molar-refractivity contribution in [3.63, 3.8) is 0 Å². The van der Waals surface area contributed by atoms with E-state index in [1.807, 2.05) is 30.3 Å². The molecule has 3 rings (SSSR count). The van der Waals surface area contributed by atoms with Crippen LogP contribution < -0.4 is 5.32 Å². The minimum absolute atomic E-state index is 0.00673. The van der Waals surface area contributed by atoms with Gasteiger partial charge in [-0.3, -0.25) is 14.4 Å². The van der Waals surface area contributed by atoms with Gasteiger partial charge in [-0.25, -0.2) is 0 Å². The van der Waals surface area contributed by atoms with E-state index in [9.17, 15) is 14.4 Å². The summed E-state index contributed by atoms with van der Waals surface area (Å²) in [5.74, 6) is -0.558. The van der Waals surface area contributed by atoms with Gasteiger partial charge in [0, 0.05) is 18.4 Å². The maximum atomic E-state index is 12.4. The SMILES string of the molecule is CC(OC(=O)C1CC2CCCC(C1)C2=O)C(=O)NCc1ccccc1. The lowest BCUT2D eigenvalue weighted by Gasteiger charge is -2.36. The van der Waals surface area contributed by atoms with Gasteiger partial charge < -0.3 is 10.1 Å². The van der Waals surface area contributed by atoms with E-state index >= 15 is 0 Å². The average Bonchev–Trinajstić information content (AvgIpc) is 2.60. The summed E-state index contributed by atoms with van der Waals surface area (Å²) in [5.41, 5.74) is 0.994. The molecular formula is C20H25NO4. The molecule has 0 saturated heterocycles. The molecular weight excluding hydrogens is 318 g/mol. The molecule has 0 radical (unpaired) electrons. The summed E-state index contributed by atoms with van der Waals surface area (Å²) in [6.45, 7) is 2.00. The smallest absolute Gasteiger partial charge is 0.309 e. The van der Waals surface area contributed by atoms with Crippen LogP contribution in [0.4, 0.5) is 0 Å². The van der Waals surface area contributed by atoms with Crippen LogP contribution in [0, 0.1) is 17.8 Å². The molecule has 3 atom stereocenters. The van der Waals surface area contributed by atoms with Gasteiger partial charge in [0.25, 0.3) is 5.91 Å². The van der Waals surface area contributed by atoms with Crippen LogP contribution in [-0.4, -0.2) is 23.8 Å². The normalized spacial score (nSPS) is 26.6. The Labute approximate surface area is 148 Å². The summed E-state index contributed by atoms with van der Waals surface area (Å²) in [7, 11) is 0. The van der Waals surface area contributed by atoms with Crippen LogP contribution in [0.15, 0.2) is 30.3 Å². The number of esters is 1. The molecule has 5 nitrogen and oxygen atoms in total. The van der Waals surface area contributed by atoms with Gasteiger partial charge in [-0.1, -0.05) is 36.8 Å². The standard InChI is InChI=1S/C20H25NO4/c1-13(19(23)21-12-14-6-3-2-4-7-14)25-20(24)17-10-15-8-5-9-16(11-17)18(15)22/h2-4,6-7,13,15-17H,5,8-12H2,1H3,(H,21,23). The Hall–Kier alpha value is -2.17. The molecule has 0 heterocycles. The first-order valence-electron chi connectivity index (χ1n) is 9.10. The monoisotopic (exact) mass is 343 g/mol. The van der Waals surface area contributed by atoms with Crippen LogP contribution in [0.1, 0.15) is 44.6 Å². The Bertz CT molecular complexity index is 626. The van der Waals surface area contributed by atoms with E-state index in [1.165, 1.54) is 0 Å². The van der Waals surface area contributed by atoms with E-state index in [2.05, 4.69) is 5.32 Å². The molecule has 25 heavy (non-hydrogen) atoms. The van der Waals surface area contributed by atoms with Crippen LogP contribution in [0.25, 0.3) is 0 Å². The lowest BCUT2D eigenvalue weighted by molar-refractivity contribution is -0.162. The van der Waals surface area contributed by atoms with E-state index in [0.29, 0.717) is 25.2 Å². The molecule has 1 aromatic rings. The third-order valence-electron chi connectivity index (χ3n) is 5.35. The molecule has 1 N–H and O–H groups in total. The predicted octanol–water partition coefficient (Wildman–Crippen LogP) is 2.63. The zero-order chi connectivity index (χ0) is 17.8. The summed E-state index contributed by atoms with van der Waals surface area (Å²) in [4.78, 5) is 36.7. The van der Waals surface area contributed by atoms with E-state index in [1.54, 1.807) is 6.92 Å². The summed E-state index contributed by atoms with van der Waals surface area (Å²) in [6.07, 6.45) is 3.16. The van der Waals surface area contributed by atoms with Gasteiger partial charge in [0.1, 0.15) is 5.78 Å². The Morgan fingerprint density at radius 3 is 2.44 bits per heavy atom. The molecule has 2 bridgehead atoms. The highest BCUT2D eigenvalue weighted by Gasteiger charge is 2.42. The average molecular weight is 343 g/mol. The highest BCUT2D eigenvalue weighted by Crippen LogP contribution is 2.40. The van der Waals surface area contributed by atoms with Crippen LogP contribution in [0.3, 0.4) is 0 Å². The molecule has 2 aliphatic rings. The highest BCUT2D eigenvalue weighted by atomic mass is 16.5. The zero-order valence-corrected chi connectivity index (χ0v) is 14.6. The molecule has 0 aromatic heterocycles. The van der Waals surface area contributed by atoms with Gasteiger partial charge in [-0.2, -0.15) is 0 Å². The van der Waals surface area contributed by atoms with Crippen molar-refractivity contribution >= 4 is 17.7 Å². The number of benzene rings is 1. The van der Waals surface area contributed by atoms with E-state index < -0.39 is 6.10 Å². The number of ether oxygens (including phenoxy) is 1. The van der Waals surface area contributed by atoms with Crippen molar-refractivity contribution in [2.45, 2.75) is 51.7 Å². The van der Waals surface area contributed by atoms with Gasteiger partial charge in [-0.15, -0.1) is 0 Å². The van der Waals surface area contributed by atoms with Crippen LogP contribution >= 0.6 is 0 Å². The topological polar surface area (TPSA) is 72.5 Å². The maximum Gasteiger partial charge on any atom is 0.309 e. The highest BCUT2D eigenvalue weighted by molar-refractivity contribution is 5.88. The van der Waals surface area contributed by atoms with Crippen LogP contribution in [-0.2, 0) is 25.7 Å². The van der Waals surface area contributed by atoms with Crippen molar-refractivity contribution in [2.24, 2.45) is 17.8 Å². The largest absolute Gasteiger partial charge is 0.452 e. The quantitative estimate of drug-likeness (QED) is 0.834. The number of nitrogens with one attached hydrogen (secondary N) is 1. The molecule has 0 spiro atoms. The van der Waals surface area contributed by atoms with Crippen LogP contribution in [0.2, 0.25) is 0 Å². The first-order chi connectivity index (χ1) is 12.0. The first-order valence-corrected chi connectivity index (χ1v) is 9.10. The molecule has 3 unspecified atom stereocenters. The summed E-state index contributed by atoms with van der Waals surface area (Å²) in [5, 5.41) is 2.78. The van der Waals surface area contributed by atoms with E-state index in [-0.39, 0.29) is 29.6 Å². The molecule has 1 aromatic carbocycles. The molecule has 0 aliphatic heterocycles. The number of fused-ring (bicyclic) bond motifs is 2. The maximum absolute atomic E-state index is 12.4. The van der Waals surface area contributed by atoms with Crippen molar-refractivity contribution in [2.75, 3.05) is 0 Å². The third-order valence-corrected chi connectivity index (χ3v) is 5.35. The molecule has 5 heteroatoms.